The van der Waals surface area contributed by atoms with Gasteiger partial charge in [-0.05, 0) is 12.1 Å². The van der Waals surface area contributed by atoms with E-state index in [1.165, 1.54) is 19.2 Å². The molecule has 2 N–H and O–H groups in total. The van der Waals surface area contributed by atoms with Crippen molar-refractivity contribution in [1.82, 2.24) is 9.97 Å². The van der Waals surface area contributed by atoms with Gasteiger partial charge in [-0.3, -0.25) is 4.79 Å². The summed E-state index contributed by atoms with van der Waals surface area (Å²) in [5, 5.41) is 9.39. The van der Waals surface area contributed by atoms with E-state index in [0.717, 1.165) is 12.4 Å². The number of halogens is 1. The molecule has 1 aromatic carbocycles. The second-order valence-electron chi connectivity index (χ2n) is 3.26. The van der Waals surface area contributed by atoms with Gasteiger partial charge in [0.15, 0.2) is 11.6 Å². The predicted molar refractivity (Wildman–Crippen MR) is 59.5 cm³/mol. The van der Waals surface area contributed by atoms with Crippen LogP contribution in [0.5, 0.6) is 23.1 Å². The number of aromatic nitrogens is 2. The molecule has 0 aliphatic heterocycles. The van der Waals surface area contributed by atoms with Crippen molar-refractivity contribution in [2.45, 2.75) is 0 Å². The molecular weight excluding hydrogens is 243 g/mol. The molecule has 0 aliphatic rings. The Hall–Kier alpha value is -2.57. The maximum atomic E-state index is 13.6. The van der Waals surface area contributed by atoms with Crippen LogP contribution < -0.4 is 15.0 Å². The summed E-state index contributed by atoms with van der Waals surface area (Å²) in [6.45, 7) is 0. The Morgan fingerprint density at radius 2 is 2.17 bits per heavy atom. The molecule has 7 heteroatoms. The molecule has 0 amide bonds. The fourth-order valence-corrected chi connectivity index (χ4v) is 1.32. The van der Waals surface area contributed by atoms with Crippen LogP contribution in [0.15, 0.2) is 29.3 Å². The number of rotatable bonds is 3. The molecule has 0 saturated heterocycles. The molecule has 0 atom stereocenters. The molecule has 6 nitrogen and oxygen atoms in total. The van der Waals surface area contributed by atoms with E-state index < -0.39 is 23.0 Å². The SMILES string of the molecule is COc1cccc(F)c1Oc1c(O)nc[nH]c1=O. The molecule has 0 aliphatic carbocycles. The second kappa shape index (κ2) is 4.74. The molecule has 94 valence electrons. The zero-order valence-corrected chi connectivity index (χ0v) is 9.31. The van der Waals surface area contributed by atoms with Crippen molar-refractivity contribution in [2.24, 2.45) is 0 Å². The molecular formula is C11H9FN2O4. The zero-order valence-electron chi connectivity index (χ0n) is 9.31. The van der Waals surface area contributed by atoms with Crippen molar-refractivity contribution in [2.75, 3.05) is 7.11 Å². The van der Waals surface area contributed by atoms with Gasteiger partial charge >= 0.3 is 0 Å². The number of H-pyrrole nitrogens is 1. The minimum Gasteiger partial charge on any atom is -0.493 e. The molecule has 0 saturated carbocycles. The summed E-state index contributed by atoms with van der Waals surface area (Å²) in [6, 6.07) is 4.02. The van der Waals surface area contributed by atoms with Crippen LogP contribution >= 0.6 is 0 Å². The van der Waals surface area contributed by atoms with Crippen molar-refractivity contribution in [1.29, 1.82) is 0 Å². The molecule has 0 spiro atoms. The standard InChI is InChI=1S/C11H9FN2O4/c1-17-7-4-2-3-6(12)8(7)18-9-10(15)13-5-14-11(9)16/h2-5H,1H3,(H2,13,14,15,16). The van der Waals surface area contributed by atoms with Crippen LogP contribution in [0.2, 0.25) is 0 Å². The average Bonchev–Trinajstić information content (AvgIpc) is 2.35. The molecule has 1 heterocycles. The molecule has 0 radical (unpaired) electrons. The van der Waals surface area contributed by atoms with Crippen LogP contribution in [-0.2, 0) is 0 Å². The highest BCUT2D eigenvalue weighted by Crippen LogP contribution is 2.34. The van der Waals surface area contributed by atoms with Gasteiger partial charge in [0.25, 0.3) is 17.2 Å². The number of aromatic amines is 1. The first-order chi connectivity index (χ1) is 8.63. The van der Waals surface area contributed by atoms with Crippen LogP contribution in [0.1, 0.15) is 0 Å². The summed E-state index contributed by atoms with van der Waals surface area (Å²) >= 11 is 0. The Balaban J connectivity index is 2.49. The summed E-state index contributed by atoms with van der Waals surface area (Å²) in [4.78, 5) is 17.0. The van der Waals surface area contributed by atoms with Gasteiger partial charge < -0.3 is 19.6 Å². The van der Waals surface area contributed by atoms with Gasteiger partial charge in [0.1, 0.15) is 0 Å². The molecule has 0 unspecified atom stereocenters. The highest BCUT2D eigenvalue weighted by Gasteiger charge is 2.16. The number of aromatic hydroxyl groups is 1. The lowest BCUT2D eigenvalue weighted by Gasteiger charge is -2.10. The number of ether oxygens (including phenoxy) is 2. The predicted octanol–water partition coefficient (Wildman–Crippen LogP) is 1.42. The van der Waals surface area contributed by atoms with Crippen LogP contribution in [0.25, 0.3) is 0 Å². The number of nitrogens with zero attached hydrogens (tertiary/aromatic N) is 1. The van der Waals surface area contributed by atoms with Crippen molar-refractivity contribution >= 4 is 0 Å². The van der Waals surface area contributed by atoms with E-state index in [-0.39, 0.29) is 11.5 Å². The van der Waals surface area contributed by atoms with Crippen LogP contribution in [-0.4, -0.2) is 22.2 Å². The molecule has 0 fully saturated rings. The summed E-state index contributed by atoms with van der Waals surface area (Å²) in [6.07, 6.45) is 1.00. The third-order valence-electron chi connectivity index (χ3n) is 2.15. The molecule has 2 rings (SSSR count). The number of hydrogen-bond donors (Lipinski definition) is 2. The van der Waals surface area contributed by atoms with E-state index in [4.69, 9.17) is 9.47 Å². The summed E-state index contributed by atoms with van der Waals surface area (Å²) in [5.41, 5.74) is -0.729. The van der Waals surface area contributed by atoms with Gasteiger partial charge in [0.2, 0.25) is 5.75 Å². The topological polar surface area (TPSA) is 84.4 Å². The number of nitrogens with one attached hydrogen (secondary N) is 1. The van der Waals surface area contributed by atoms with E-state index >= 15 is 0 Å². The smallest absolute Gasteiger partial charge is 0.297 e. The fourth-order valence-electron chi connectivity index (χ4n) is 1.32. The lowest BCUT2D eigenvalue weighted by molar-refractivity contribution is 0.344. The Bertz CT molecular complexity index is 627. The van der Waals surface area contributed by atoms with Gasteiger partial charge in [0.05, 0.1) is 13.4 Å². The average molecular weight is 252 g/mol. The van der Waals surface area contributed by atoms with E-state index in [2.05, 4.69) is 9.97 Å². The number of benzene rings is 1. The number of hydrogen-bond acceptors (Lipinski definition) is 5. The van der Waals surface area contributed by atoms with E-state index in [9.17, 15) is 14.3 Å². The lowest BCUT2D eigenvalue weighted by Crippen LogP contribution is -2.09. The van der Waals surface area contributed by atoms with Crippen molar-refractivity contribution in [3.05, 3.63) is 40.7 Å². The minimum atomic E-state index is -0.729. The third kappa shape index (κ3) is 2.10. The molecule has 0 bridgehead atoms. The van der Waals surface area contributed by atoms with Crippen LogP contribution in [0.3, 0.4) is 0 Å². The van der Waals surface area contributed by atoms with E-state index in [1.54, 1.807) is 0 Å². The maximum absolute atomic E-state index is 13.6. The Morgan fingerprint density at radius 3 is 2.83 bits per heavy atom. The quantitative estimate of drug-likeness (QED) is 0.862. The number of para-hydroxylation sites is 1. The van der Waals surface area contributed by atoms with E-state index in [1.807, 2.05) is 0 Å². The monoisotopic (exact) mass is 252 g/mol. The first-order valence-electron chi connectivity index (χ1n) is 4.90. The van der Waals surface area contributed by atoms with Crippen LogP contribution in [0.4, 0.5) is 4.39 Å². The number of methoxy groups -OCH3 is 1. The first kappa shape index (κ1) is 11.9. The Kier molecular flexibility index (Phi) is 3.13. The van der Waals surface area contributed by atoms with Gasteiger partial charge in [-0.2, -0.15) is 0 Å². The lowest BCUT2D eigenvalue weighted by atomic mass is 10.3. The summed E-state index contributed by atoms with van der Waals surface area (Å²) in [7, 11) is 1.33. The molecule has 2 aromatic rings. The Morgan fingerprint density at radius 1 is 1.39 bits per heavy atom. The fraction of sp³-hybridized carbons (Fsp3) is 0.0909. The highest BCUT2D eigenvalue weighted by atomic mass is 19.1. The highest BCUT2D eigenvalue weighted by molar-refractivity contribution is 5.45. The minimum absolute atomic E-state index is 0.0950. The maximum Gasteiger partial charge on any atom is 0.297 e. The van der Waals surface area contributed by atoms with Gasteiger partial charge in [0, 0.05) is 0 Å². The molecule has 1 aromatic heterocycles. The second-order valence-corrected chi connectivity index (χ2v) is 3.26. The summed E-state index contributed by atoms with van der Waals surface area (Å²) < 4.78 is 23.5. The summed E-state index contributed by atoms with van der Waals surface area (Å²) in [5.74, 6) is -2.06. The first-order valence-corrected chi connectivity index (χ1v) is 4.90. The van der Waals surface area contributed by atoms with Crippen molar-refractivity contribution < 1.29 is 19.0 Å². The van der Waals surface area contributed by atoms with Crippen molar-refractivity contribution in [3.63, 3.8) is 0 Å². The Labute approximate surface area is 101 Å². The van der Waals surface area contributed by atoms with Gasteiger partial charge in [-0.25, -0.2) is 9.37 Å². The molecule has 18 heavy (non-hydrogen) atoms. The van der Waals surface area contributed by atoms with Gasteiger partial charge in [-0.1, -0.05) is 6.07 Å². The van der Waals surface area contributed by atoms with E-state index in [0.29, 0.717) is 0 Å². The third-order valence-corrected chi connectivity index (χ3v) is 2.15. The van der Waals surface area contributed by atoms with Gasteiger partial charge in [-0.15, -0.1) is 0 Å². The largest absolute Gasteiger partial charge is 0.493 e. The zero-order chi connectivity index (χ0) is 13.1. The normalized spacial score (nSPS) is 10.1. The van der Waals surface area contributed by atoms with Crippen molar-refractivity contribution in [3.8, 4) is 23.1 Å². The van der Waals surface area contributed by atoms with Crippen LogP contribution in [0, 0.1) is 5.82 Å².